The van der Waals surface area contributed by atoms with E-state index in [1.54, 1.807) is 0 Å². The molecule has 1 aliphatic rings. The number of aryl methyl sites for hydroxylation is 2. The smallest absolute Gasteiger partial charge is 0.128 e. The average molecular weight is 346 g/mol. The fourth-order valence-electron chi connectivity index (χ4n) is 2.83. The number of rotatable bonds is 4. The standard InChI is InChI=1S/C18H20BrNO/c1-12(20-2)17-9-8-16(11-18(17)19)21-15-7-6-13-4-3-5-14(13)10-15/h6-12,20H,3-5H2,1-2H3. The van der Waals surface area contributed by atoms with Gasteiger partial charge < -0.3 is 10.1 Å². The van der Waals surface area contributed by atoms with E-state index in [0.717, 1.165) is 16.0 Å². The van der Waals surface area contributed by atoms with Crippen molar-refractivity contribution in [2.45, 2.75) is 32.2 Å². The van der Waals surface area contributed by atoms with Gasteiger partial charge in [0.05, 0.1) is 0 Å². The number of halogens is 1. The van der Waals surface area contributed by atoms with E-state index in [9.17, 15) is 0 Å². The Morgan fingerprint density at radius 3 is 2.52 bits per heavy atom. The third-order valence-electron chi connectivity index (χ3n) is 4.18. The molecule has 0 saturated carbocycles. The monoisotopic (exact) mass is 345 g/mol. The molecule has 0 bridgehead atoms. The summed E-state index contributed by atoms with van der Waals surface area (Å²) in [5, 5.41) is 3.25. The molecule has 3 heteroatoms. The van der Waals surface area contributed by atoms with Gasteiger partial charge >= 0.3 is 0 Å². The van der Waals surface area contributed by atoms with Crippen LogP contribution in [-0.2, 0) is 12.8 Å². The van der Waals surface area contributed by atoms with E-state index in [1.165, 1.54) is 36.0 Å². The first-order valence-corrected chi connectivity index (χ1v) is 8.23. The second kappa shape index (κ2) is 6.20. The lowest BCUT2D eigenvalue weighted by molar-refractivity contribution is 0.481. The van der Waals surface area contributed by atoms with Crippen molar-refractivity contribution < 1.29 is 4.74 Å². The Bertz CT molecular complexity index is 654. The summed E-state index contributed by atoms with van der Waals surface area (Å²) in [7, 11) is 1.96. The highest BCUT2D eigenvalue weighted by molar-refractivity contribution is 9.10. The molecule has 1 atom stereocenters. The van der Waals surface area contributed by atoms with Gasteiger partial charge in [0.1, 0.15) is 11.5 Å². The van der Waals surface area contributed by atoms with E-state index in [1.807, 2.05) is 19.2 Å². The van der Waals surface area contributed by atoms with Crippen LogP contribution in [0.4, 0.5) is 0 Å². The minimum atomic E-state index is 0.313. The first kappa shape index (κ1) is 14.6. The van der Waals surface area contributed by atoms with Gasteiger partial charge in [-0.05, 0) is 74.2 Å². The van der Waals surface area contributed by atoms with E-state index in [-0.39, 0.29) is 0 Å². The van der Waals surface area contributed by atoms with Crippen LogP contribution in [0.1, 0.15) is 36.1 Å². The number of hydrogen-bond donors (Lipinski definition) is 1. The van der Waals surface area contributed by atoms with Crippen molar-refractivity contribution in [1.82, 2.24) is 5.32 Å². The van der Waals surface area contributed by atoms with Crippen LogP contribution < -0.4 is 10.1 Å². The minimum absolute atomic E-state index is 0.313. The van der Waals surface area contributed by atoms with E-state index in [2.05, 4.69) is 52.4 Å². The first-order chi connectivity index (χ1) is 10.2. The highest BCUT2D eigenvalue weighted by Gasteiger charge is 2.12. The molecule has 1 N–H and O–H groups in total. The Labute approximate surface area is 134 Å². The van der Waals surface area contributed by atoms with Crippen LogP contribution in [0, 0.1) is 0 Å². The molecule has 1 unspecified atom stereocenters. The van der Waals surface area contributed by atoms with Crippen LogP contribution in [-0.4, -0.2) is 7.05 Å². The Morgan fingerprint density at radius 2 is 1.76 bits per heavy atom. The zero-order valence-electron chi connectivity index (χ0n) is 12.4. The molecule has 3 rings (SSSR count). The Balaban J connectivity index is 1.80. The van der Waals surface area contributed by atoms with Crippen LogP contribution in [0.15, 0.2) is 40.9 Å². The van der Waals surface area contributed by atoms with Crippen molar-refractivity contribution in [2.24, 2.45) is 0 Å². The summed E-state index contributed by atoms with van der Waals surface area (Å²) in [6.45, 7) is 2.14. The maximum Gasteiger partial charge on any atom is 0.128 e. The van der Waals surface area contributed by atoms with Crippen LogP contribution in [0.2, 0.25) is 0 Å². The molecule has 0 saturated heterocycles. The highest BCUT2D eigenvalue weighted by atomic mass is 79.9. The lowest BCUT2D eigenvalue weighted by Gasteiger charge is -2.14. The molecule has 0 aliphatic heterocycles. The molecular weight excluding hydrogens is 326 g/mol. The fourth-order valence-corrected chi connectivity index (χ4v) is 3.53. The summed E-state index contributed by atoms with van der Waals surface area (Å²) in [6.07, 6.45) is 3.65. The maximum absolute atomic E-state index is 6.00. The summed E-state index contributed by atoms with van der Waals surface area (Å²) < 4.78 is 7.07. The number of hydrogen-bond acceptors (Lipinski definition) is 2. The second-order valence-corrected chi connectivity index (χ2v) is 6.43. The van der Waals surface area contributed by atoms with Crippen molar-refractivity contribution >= 4 is 15.9 Å². The molecule has 110 valence electrons. The number of ether oxygens (including phenoxy) is 1. The molecule has 21 heavy (non-hydrogen) atoms. The zero-order chi connectivity index (χ0) is 14.8. The quantitative estimate of drug-likeness (QED) is 0.840. The molecule has 0 fully saturated rings. The van der Waals surface area contributed by atoms with Gasteiger partial charge in [-0.3, -0.25) is 0 Å². The Kier molecular flexibility index (Phi) is 4.32. The third kappa shape index (κ3) is 3.14. The summed E-state index contributed by atoms with van der Waals surface area (Å²) in [6, 6.07) is 12.9. The van der Waals surface area contributed by atoms with E-state index >= 15 is 0 Å². The van der Waals surface area contributed by atoms with E-state index < -0.39 is 0 Å². The lowest BCUT2D eigenvalue weighted by atomic mass is 10.1. The third-order valence-corrected chi connectivity index (χ3v) is 4.86. The predicted molar refractivity (Wildman–Crippen MR) is 90.2 cm³/mol. The van der Waals surface area contributed by atoms with Gasteiger partial charge in [-0.15, -0.1) is 0 Å². The summed E-state index contributed by atoms with van der Waals surface area (Å²) in [5.41, 5.74) is 4.15. The molecule has 2 aromatic rings. The van der Waals surface area contributed by atoms with Gasteiger partial charge in [0.15, 0.2) is 0 Å². The van der Waals surface area contributed by atoms with Crippen LogP contribution >= 0.6 is 15.9 Å². The zero-order valence-corrected chi connectivity index (χ0v) is 14.0. The maximum atomic E-state index is 6.00. The molecule has 0 aromatic heterocycles. The minimum Gasteiger partial charge on any atom is -0.457 e. The molecule has 1 aliphatic carbocycles. The number of fused-ring (bicyclic) bond motifs is 1. The average Bonchev–Trinajstić information content (AvgIpc) is 2.94. The first-order valence-electron chi connectivity index (χ1n) is 7.44. The molecule has 0 radical (unpaired) electrons. The largest absolute Gasteiger partial charge is 0.457 e. The van der Waals surface area contributed by atoms with Gasteiger partial charge in [-0.25, -0.2) is 0 Å². The number of benzene rings is 2. The van der Waals surface area contributed by atoms with E-state index in [0.29, 0.717) is 6.04 Å². The van der Waals surface area contributed by atoms with Gasteiger partial charge in [0.25, 0.3) is 0 Å². The van der Waals surface area contributed by atoms with E-state index in [4.69, 9.17) is 4.74 Å². The van der Waals surface area contributed by atoms with Gasteiger partial charge in [0, 0.05) is 10.5 Å². The van der Waals surface area contributed by atoms with Crippen molar-refractivity contribution in [3.63, 3.8) is 0 Å². The number of nitrogens with one attached hydrogen (secondary N) is 1. The SMILES string of the molecule is CNC(C)c1ccc(Oc2ccc3c(c2)CCC3)cc1Br. The van der Waals surface area contributed by atoms with Crippen molar-refractivity contribution in [1.29, 1.82) is 0 Å². The molecule has 2 aromatic carbocycles. The summed E-state index contributed by atoms with van der Waals surface area (Å²) in [4.78, 5) is 0. The molecule has 0 spiro atoms. The Morgan fingerprint density at radius 1 is 1.05 bits per heavy atom. The van der Waals surface area contributed by atoms with Crippen LogP contribution in [0.25, 0.3) is 0 Å². The molecule has 2 nitrogen and oxygen atoms in total. The molecule has 0 heterocycles. The van der Waals surface area contributed by atoms with Gasteiger partial charge in [0.2, 0.25) is 0 Å². The molecule has 0 amide bonds. The molecular formula is C18H20BrNO. The normalized spacial score (nSPS) is 14.8. The Hall–Kier alpha value is -1.32. The van der Waals surface area contributed by atoms with Crippen LogP contribution in [0.3, 0.4) is 0 Å². The second-order valence-electron chi connectivity index (χ2n) is 5.58. The highest BCUT2D eigenvalue weighted by Crippen LogP contribution is 2.32. The van der Waals surface area contributed by atoms with Gasteiger partial charge in [-0.1, -0.05) is 28.1 Å². The van der Waals surface area contributed by atoms with Crippen LogP contribution in [0.5, 0.6) is 11.5 Å². The van der Waals surface area contributed by atoms with Crippen molar-refractivity contribution in [3.05, 3.63) is 57.6 Å². The topological polar surface area (TPSA) is 21.3 Å². The van der Waals surface area contributed by atoms with Crippen molar-refractivity contribution in [2.75, 3.05) is 7.05 Å². The van der Waals surface area contributed by atoms with Crippen molar-refractivity contribution in [3.8, 4) is 11.5 Å². The van der Waals surface area contributed by atoms with Gasteiger partial charge in [-0.2, -0.15) is 0 Å². The fraction of sp³-hybridized carbons (Fsp3) is 0.333. The lowest BCUT2D eigenvalue weighted by Crippen LogP contribution is -2.12. The summed E-state index contributed by atoms with van der Waals surface area (Å²) in [5.74, 6) is 1.80. The predicted octanol–water partition coefficient (Wildman–Crippen LogP) is 5.01. The summed E-state index contributed by atoms with van der Waals surface area (Å²) >= 11 is 3.63.